The van der Waals surface area contributed by atoms with Gasteiger partial charge in [-0.05, 0) is 50.3 Å². The molecule has 0 amide bonds. The molecule has 0 saturated carbocycles. The number of ether oxygens (including phenoxy) is 1. The lowest BCUT2D eigenvalue weighted by Crippen LogP contribution is -2.40. The molecule has 0 radical (unpaired) electrons. The molecule has 10 heteroatoms. The standard InChI is InChI=1S/C22H29N3O6S/c1-4-12-31-19-10-9-14(32(29,30)25-11-7-8-18(25)22(27)28)13-16(19)20-23-17(6-3)15(5-2)21(26)24-20/h9-10,13,18H,4-8,11-12H2,1-3H3,(H,27,28)(H,23,24,26)/t18-/m0/s1. The predicted octanol–water partition coefficient (Wildman–Crippen LogP) is 2.59. The fraction of sp³-hybridized carbons (Fsp3) is 0.500. The van der Waals surface area contributed by atoms with Gasteiger partial charge in [-0.1, -0.05) is 20.8 Å². The summed E-state index contributed by atoms with van der Waals surface area (Å²) in [5, 5.41) is 9.43. The molecule has 3 rings (SSSR count). The number of nitrogens with one attached hydrogen (secondary N) is 1. The molecule has 1 aliphatic heterocycles. The molecule has 9 nitrogen and oxygen atoms in total. The summed E-state index contributed by atoms with van der Waals surface area (Å²) >= 11 is 0. The fourth-order valence-electron chi connectivity index (χ4n) is 3.93. The number of carbonyl (C=O) groups is 1. The number of aromatic amines is 1. The van der Waals surface area contributed by atoms with Crippen LogP contribution in [-0.4, -0.2) is 53.0 Å². The second-order valence-corrected chi connectivity index (χ2v) is 9.56. The highest BCUT2D eigenvalue weighted by atomic mass is 32.2. The van der Waals surface area contributed by atoms with Gasteiger partial charge in [-0.15, -0.1) is 0 Å². The molecule has 1 fully saturated rings. The highest BCUT2D eigenvalue weighted by molar-refractivity contribution is 7.89. The van der Waals surface area contributed by atoms with E-state index in [0.717, 1.165) is 10.7 Å². The van der Waals surface area contributed by atoms with Crippen LogP contribution < -0.4 is 10.3 Å². The second-order valence-electron chi connectivity index (χ2n) is 7.67. The van der Waals surface area contributed by atoms with Gasteiger partial charge in [-0.2, -0.15) is 4.31 Å². The van der Waals surface area contributed by atoms with Crippen molar-refractivity contribution in [3.63, 3.8) is 0 Å². The quantitative estimate of drug-likeness (QED) is 0.584. The minimum atomic E-state index is -4.06. The number of benzene rings is 1. The van der Waals surface area contributed by atoms with Crippen LogP contribution in [0.4, 0.5) is 0 Å². The Balaban J connectivity index is 2.16. The molecule has 2 N–H and O–H groups in total. The van der Waals surface area contributed by atoms with Crippen LogP contribution in [-0.2, 0) is 27.7 Å². The Morgan fingerprint density at radius 2 is 2.03 bits per heavy atom. The lowest BCUT2D eigenvalue weighted by molar-refractivity contribution is -0.140. The molecule has 1 aromatic carbocycles. The van der Waals surface area contributed by atoms with Crippen LogP contribution in [0.15, 0.2) is 27.9 Å². The second kappa shape index (κ2) is 9.83. The van der Waals surface area contributed by atoms with Gasteiger partial charge in [-0.25, -0.2) is 13.4 Å². The fourth-order valence-corrected chi connectivity index (χ4v) is 5.61. The van der Waals surface area contributed by atoms with Crippen molar-refractivity contribution >= 4 is 16.0 Å². The number of aliphatic carboxylic acids is 1. The Labute approximate surface area is 187 Å². The van der Waals surface area contributed by atoms with Gasteiger partial charge in [0.1, 0.15) is 17.6 Å². The summed E-state index contributed by atoms with van der Waals surface area (Å²) in [4.78, 5) is 31.5. The third-order valence-electron chi connectivity index (χ3n) is 5.55. The highest BCUT2D eigenvalue weighted by Crippen LogP contribution is 2.33. The van der Waals surface area contributed by atoms with Gasteiger partial charge in [0, 0.05) is 12.1 Å². The van der Waals surface area contributed by atoms with E-state index < -0.39 is 22.0 Å². The molecule has 0 unspecified atom stereocenters. The summed E-state index contributed by atoms with van der Waals surface area (Å²) in [5.74, 6) is -0.539. The van der Waals surface area contributed by atoms with Crippen molar-refractivity contribution in [1.82, 2.24) is 14.3 Å². The first-order chi connectivity index (χ1) is 15.2. The van der Waals surface area contributed by atoms with E-state index in [-0.39, 0.29) is 29.2 Å². The molecule has 32 heavy (non-hydrogen) atoms. The van der Waals surface area contributed by atoms with Crippen LogP contribution in [0.2, 0.25) is 0 Å². The number of sulfonamides is 1. The zero-order valence-electron chi connectivity index (χ0n) is 18.6. The van der Waals surface area contributed by atoms with Gasteiger partial charge in [0.25, 0.3) is 5.56 Å². The molecule has 0 spiro atoms. The zero-order valence-corrected chi connectivity index (χ0v) is 19.4. The first kappa shape index (κ1) is 23.9. The van der Waals surface area contributed by atoms with Gasteiger partial charge >= 0.3 is 5.97 Å². The molecule has 1 aliphatic rings. The molecule has 2 aromatic rings. The predicted molar refractivity (Wildman–Crippen MR) is 119 cm³/mol. The van der Waals surface area contributed by atoms with Gasteiger partial charge < -0.3 is 14.8 Å². The summed E-state index contributed by atoms with van der Waals surface area (Å²) in [6.45, 7) is 6.28. The van der Waals surface area contributed by atoms with Gasteiger partial charge in [0.2, 0.25) is 10.0 Å². The molecule has 1 aromatic heterocycles. The number of hydrogen-bond donors (Lipinski definition) is 2. The minimum Gasteiger partial charge on any atom is -0.493 e. The summed E-state index contributed by atoms with van der Waals surface area (Å²) in [7, 11) is -4.06. The first-order valence-corrected chi connectivity index (χ1v) is 12.3. The van der Waals surface area contributed by atoms with Crippen molar-refractivity contribution in [3.05, 3.63) is 39.8 Å². The zero-order chi connectivity index (χ0) is 23.5. The van der Waals surface area contributed by atoms with E-state index in [4.69, 9.17) is 4.74 Å². The number of hydrogen-bond acceptors (Lipinski definition) is 6. The van der Waals surface area contributed by atoms with Crippen molar-refractivity contribution < 1.29 is 23.1 Å². The van der Waals surface area contributed by atoms with E-state index in [0.29, 0.717) is 48.4 Å². The number of carboxylic acid groups (broad SMARTS) is 1. The van der Waals surface area contributed by atoms with Crippen molar-refractivity contribution in [2.24, 2.45) is 0 Å². The van der Waals surface area contributed by atoms with Gasteiger partial charge in [-0.3, -0.25) is 9.59 Å². The molecule has 0 aliphatic carbocycles. The van der Waals surface area contributed by atoms with Gasteiger partial charge in [0.05, 0.1) is 22.8 Å². The van der Waals surface area contributed by atoms with Crippen molar-refractivity contribution in [1.29, 1.82) is 0 Å². The molecular formula is C22H29N3O6S. The number of carboxylic acids is 1. The van der Waals surface area contributed by atoms with E-state index in [1.165, 1.54) is 18.2 Å². The molecule has 1 saturated heterocycles. The lowest BCUT2D eigenvalue weighted by atomic mass is 10.1. The van der Waals surface area contributed by atoms with Crippen molar-refractivity contribution in [3.8, 4) is 17.1 Å². The number of aromatic nitrogens is 2. The van der Waals surface area contributed by atoms with Crippen LogP contribution in [0.5, 0.6) is 5.75 Å². The lowest BCUT2D eigenvalue weighted by Gasteiger charge is -2.22. The SMILES string of the molecule is CCCOc1ccc(S(=O)(=O)N2CCC[C@H]2C(=O)O)cc1-c1nc(CC)c(CC)c(=O)[nH]1. The van der Waals surface area contributed by atoms with Crippen LogP contribution in [0.25, 0.3) is 11.4 Å². The van der Waals surface area contributed by atoms with E-state index in [1.54, 1.807) is 0 Å². The number of rotatable bonds is 9. The summed E-state index contributed by atoms with van der Waals surface area (Å²) < 4.78 is 33.4. The Morgan fingerprint density at radius 1 is 1.28 bits per heavy atom. The maximum atomic E-state index is 13.3. The minimum absolute atomic E-state index is 0.0650. The summed E-state index contributed by atoms with van der Waals surface area (Å²) in [6, 6.07) is 3.25. The molecule has 174 valence electrons. The third-order valence-corrected chi connectivity index (χ3v) is 7.46. The normalized spacial score (nSPS) is 16.9. The maximum Gasteiger partial charge on any atom is 0.322 e. The summed E-state index contributed by atoms with van der Waals surface area (Å²) in [6.07, 6.45) is 2.58. The number of H-pyrrole nitrogens is 1. The van der Waals surface area contributed by atoms with Crippen molar-refractivity contribution in [2.45, 2.75) is 63.8 Å². The number of aryl methyl sites for hydroxylation is 1. The Morgan fingerprint density at radius 3 is 2.66 bits per heavy atom. The Hall–Kier alpha value is -2.72. The van der Waals surface area contributed by atoms with E-state index in [9.17, 15) is 23.1 Å². The van der Waals surface area contributed by atoms with Crippen LogP contribution in [0.1, 0.15) is 51.3 Å². The summed E-state index contributed by atoms with van der Waals surface area (Å²) in [5.41, 5.74) is 1.32. The topological polar surface area (TPSA) is 130 Å². The molecule has 1 atom stereocenters. The molecule has 2 heterocycles. The Kier molecular flexibility index (Phi) is 7.35. The molecular weight excluding hydrogens is 434 g/mol. The molecule has 0 bridgehead atoms. The van der Waals surface area contributed by atoms with E-state index in [1.807, 2.05) is 20.8 Å². The maximum absolute atomic E-state index is 13.3. The largest absolute Gasteiger partial charge is 0.493 e. The van der Waals surface area contributed by atoms with Crippen LogP contribution in [0.3, 0.4) is 0 Å². The number of nitrogens with zero attached hydrogens (tertiary/aromatic N) is 2. The van der Waals surface area contributed by atoms with Crippen LogP contribution in [0, 0.1) is 0 Å². The van der Waals surface area contributed by atoms with Gasteiger partial charge in [0.15, 0.2) is 0 Å². The van der Waals surface area contributed by atoms with Crippen LogP contribution >= 0.6 is 0 Å². The average molecular weight is 464 g/mol. The first-order valence-electron chi connectivity index (χ1n) is 10.9. The Bertz CT molecular complexity index is 1160. The third kappa shape index (κ3) is 4.56. The van der Waals surface area contributed by atoms with E-state index in [2.05, 4.69) is 9.97 Å². The highest BCUT2D eigenvalue weighted by Gasteiger charge is 2.39. The van der Waals surface area contributed by atoms with Crippen molar-refractivity contribution in [2.75, 3.05) is 13.2 Å². The smallest absolute Gasteiger partial charge is 0.322 e. The van der Waals surface area contributed by atoms with E-state index >= 15 is 0 Å². The monoisotopic (exact) mass is 463 g/mol. The average Bonchev–Trinajstić information content (AvgIpc) is 3.28.